The molecule has 0 aliphatic carbocycles. The number of amides is 1. The highest BCUT2D eigenvalue weighted by molar-refractivity contribution is 5.97. The highest BCUT2D eigenvalue weighted by Gasteiger charge is 2.38. The van der Waals surface area contributed by atoms with Crippen LogP contribution in [-0.2, 0) is 10.2 Å². The molecule has 0 unspecified atom stereocenters. The second-order valence-electron chi connectivity index (χ2n) is 8.63. The first kappa shape index (κ1) is 23.6. The van der Waals surface area contributed by atoms with Crippen LogP contribution in [0.25, 0.3) is 0 Å². The molecule has 2 heterocycles. The van der Waals surface area contributed by atoms with Crippen molar-refractivity contribution < 1.29 is 14.3 Å². The molecule has 2 aliphatic rings. The van der Waals surface area contributed by atoms with E-state index >= 15 is 0 Å². The van der Waals surface area contributed by atoms with Crippen LogP contribution >= 0.6 is 0 Å². The first-order valence-corrected chi connectivity index (χ1v) is 11.7. The second kappa shape index (κ2) is 11.0. The number of hydrogen-bond donors (Lipinski definition) is 1. The van der Waals surface area contributed by atoms with E-state index < -0.39 is 0 Å². The first-order chi connectivity index (χ1) is 16.7. The summed E-state index contributed by atoms with van der Waals surface area (Å²) in [6.07, 6.45) is 3.64. The smallest absolute Gasteiger partial charge is 0.255 e. The lowest BCUT2D eigenvalue weighted by molar-refractivity contribution is 0.0599. The van der Waals surface area contributed by atoms with Crippen molar-refractivity contribution in [2.45, 2.75) is 18.3 Å². The maximum Gasteiger partial charge on any atom is 0.255 e. The summed E-state index contributed by atoms with van der Waals surface area (Å²) in [5.74, 6) is 1.15. The van der Waals surface area contributed by atoms with Gasteiger partial charge in [0.1, 0.15) is 5.75 Å². The van der Waals surface area contributed by atoms with Crippen LogP contribution < -0.4 is 10.1 Å². The van der Waals surface area contributed by atoms with Crippen molar-refractivity contribution in [1.82, 2.24) is 15.1 Å². The van der Waals surface area contributed by atoms with Crippen molar-refractivity contribution in [3.63, 3.8) is 0 Å². The molecule has 8 heteroatoms. The Balaban J connectivity index is 1.51. The van der Waals surface area contributed by atoms with Crippen LogP contribution in [0.4, 0.5) is 0 Å². The number of nitriles is 1. The minimum Gasteiger partial charge on any atom is -0.496 e. The Bertz CT molecular complexity index is 1040. The van der Waals surface area contributed by atoms with E-state index in [1.807, 2.05) is 36.5 Å². The quantitative estimate of drug-likeness (QED) is 0.418. The van der Waals surface area contributed by atoms with Crippen LogP contribution in [0.5, 0.6) is 5.75 Å². The minimum atomic E-state index is -0.210. The number of methoxy groups -OCH3 is 1. The fourth-order valence-corrected chi connectivity index (χ4v) is 4.82. The topological polar surface area (TPSA) is 90.2 Å². The number of piperidine rings is 1. The second-order valence-corrected chi connectivity index (χ2v) is 8.63. The zero-order valence-electron chi connectivity index (χ0n) is 19.6. The molecule has 0 atom stereocenters. The summed E-state index contributed by atoms with van der Waals surface area (Å²) < 4.78 is 10.8. The monoisotopic (exact) mass is 461 g/mol. The molecule has 4 rings (SSSR count). The summed E-state index contributed by atoms with van der Waals surface area (Å²) in [6, 6.07) is 17.6. The molecule has 1 N–H and O–H groups in total. The highest BCUT2D eigenvalue weighted by atomic mass is 16.5. The number of hydrogen-bond acceptors (Lipinski definition) is 5. The number of morpholine rings is 1. The van der Waals surface area contributed by atoms with Crippen molar-refractivity contribution in [1.29, 1.82) is 5.26 Å². The molecule has 178 valence electrons. The lowest BCUT2D eigenvalue weighted by Gasteiger charge is -2.45. The predicted octanol–water partition coefficient (Wildman–Crippen LogP) is 2.63. The molecule has 0 aromatic heterocycles. The molecule has 0 spiro atoms. The third kappa shape index (κ3) is 5.15. The fourth-order valence-electron chi connectivity index (χ4n) is 4.82. The van der Waals surface area contributed by atoms with E-state index in [2.05, 4.69) is 32.2 Å². The van der Waals surface area contributed by atoms with E-state index in [1.165, 1.54) is 5.56 Å². The lowest BCUT2D eigenvalue weighted by Crippen LogP contribution is -2.55. The summed E-state index contributed by atoms with van der Waals surface area (Å²) >= 11 is 0. The zero-order valence-corrected chi connectivity index (χ0v) is 19.6. The van der Waals surface area contributed by atoms with Gasteiger partial charge in [-0.1, -0.05) is 42.5 Å². The molecule has 1 amide bonds. The molecule has 34 heavy (non-hydrogen) atoms. The Morgan fingerprint density at radius 2 is 1.71 bits per heavy atom. The van der Waals surface area contributed by atoms with Crippen LogP contribution in [0.3, 0.4) is 0 Å². The fraction of sp³-hybridized carbons (Fsp3) is 0.423. The van der Waals surface area contributed by atoms with E-state index in [4.69, 9.17) is 9.47 Å². The van der Waals surface area contributed by atoms with Gasteiger partial charge in [-0.3, -0.25) is 4.79 Å². The van der Waals surface area contributed by atoms with Gasteiger partial charge in [0.2, 0.25) is 12.2 Å². The van der Waals surface area contributed by atoms with E-state index in [0.29, 0.717) is 31.1 Å². The SMILES string of the molecule is COc1ccccc1C(=O)NCC1(c2ccccc2)CCN(C(=NC#N)N2CCOCC2)CC1. The number of aliphatic imine (C=N–C) groups is 1. The van der Waals surface area contributed by atoms with Crippen molar-refractivity contribution >= 4 is 11.9 Å². The number of para-hydroxylation sites is 1. The van der Waals surface area contributed by atoms with Gasteiger partial charge in [0.15, 0.2) is 0 Å². The van der Waals surface area contributed by atoms with Gasteiger partial charge in [0, 0.05) is 38.1 Å². The molecule has 2 aromatic carbocycles. The highest BCUT2D eigenvalue weighted by Crippen LogP contribution is 2.35. The Morgan fingerprint density at radius 3 is 2.38 bits per heavy atom. The minimum absolute atomic E-state index is 0.143. The molecule has 2 aromatic rings. The number of carbonyl (C=O) groups excluding carboxylic acids is 1. The number of ether oxygens (including phenoxy) is 2. The maximum atomic E-state index is 13.0. The Kier molecular flexibility index (Phi) is 7.65. The standard InChI is InChI=1S/C26H31N5O3/c1-33-23-10-6-5-9-22(23)24(32)28-19-26(21-7-3-2-4-8-21)11-13-30(14-12-26)25(29-20-27)31-15-17-34-18-16-31/h2-10H,11-19H2,1H3,(H,28,32). The lowest BCUT2D eigenvalue weighted by atomic mass is 9.72. The summed E-state index contributed by atoms with van der Waals surface area (Å²) in [4.78, 5) is 21.5. The Labute approximate surface area is 200 Å². The van der Waals surface area contributed by atoms with Gasteiger partial charge in [-0.15, -0.1) is 4.99 Å². The summed E-state index contributed by atoms with van der Waals surface area (Å²) in [7, 11) is 1.57. The van der Waals surface area contributed by atoms with Gasteiger partial charge in [-0.25, -0.2) is 0 Å². The largest absolute Gasteiger partial charge is 0.496 e. The number of nitrogens with zero attached hydrogens (tertiary/aromatic N) is 4. The molecular formula is C26H31N5O3. The van der Waals surface area contributed by atoms with Gasteiger partial charge in [-0.05, 0) is 30.5 Å². The van der Waals surface area contributed by atoms with Gasteiger partial charge in [-0.2, -0.15) is 5.26 Å². The predicted molar refractivity (Wildman–Crippen MR) is 130 cm³/mol. The van der Waals surface area contributed by atoms with Crippen molar-refractivity contribution in [3.05, 3.63) is 65.7 Å². The molecular weight excluding hydrogens is 430 g/mol. The van der Waals surface area contributed by atoms with E-state index in [0.717, 1.165) is 45.0 Å². The molecule has 0 saturated carbocycles. The summed E-state index contributed by atoms with van der Waals surface area (Å²) in [5, 5.41) is 12.5. The average molecular weight is 462 g/mol. The van der Waals surface area contributed by atoms with Gasteiger partial charge in [0.05, 0.1) is 25.9 Å². The molecule has 2 aliphatic heterocycles. The maximum absolute atomic E-state index is 13.0. The number of rotatable bonds is 5. The van der Waals surface area contributed by atoms with Crippen LogP contribution in [0, 0.1) is 11.5 Å². The third-order valence-corrected chi connectivity index (χ3v) is 6.77. The number of guanidine groups is 1. The summed E-state index contributed by atoms with van der Waals surface area (Å²) in [6.45, 7) is 4.76. The van der Waals surface area contributed by atoms with Crippen LogP contribution in [0.15, 0.2) is 59.6 Å². The molecule has 0 bridgehead atoms. The van der Waals surface area contributed by atoms with Gasteiger partial charge < -0.3 is 24.6 Å². The molecule has 2 fully saturated rings. The van der Waals surface area contributed by atoms with Crippen LogP contribution in [0.1, 0.15) is 28.8 Å². The zero-order chi connectivity index (χ0) is 23.8. The van der Waals surface area contributed by atoms with Crippen molar-refractivity contribution in [3.8, 4) is 11.9 Å². The molecule has 8 nitrogen and oxygen atoms in total. The average Bonchev–Trinajstić information content (AvgIpc) is 2.91. The Hall–Kier alpha value is -3.57. The summed E-state index contributed by atoms with van der Waals surface area (Å²) in [5.41, 5.74) is 1.53. The third-order valence-electron chi connectivity index (χ3n) is 6.77. The number of nitrogens with one attached hydrogen (secondary N) is 1. The van der Waals surface area contributed by atoms with E-state index in [1.54, 1.807) is 19.2 Å². The first-order valence-electron chi connectivity index (χ1n) is 11.7. The number of benzene rings is 2. The van der Waals surface area contributed by atoms with Crippen molar-refractivity contribution in [2.24, 2.45) is 4.99 Å². The number of carbonyl (C=O) groups is 1. The normalized spacial score (nSPS) is 18.2. The molecule has 0 radical (unpaired) electrons. The van der Waals surface area contributed by atoms with E-state index in [-0.39, 0.29) is 11.3 Å². The molecule has 2 saturated heterocycles. The van der Waals surface area contributed by atoms with Crippen LogP contribution in [0.2, 0.25) is 0 Å². The van der Waals surface area contributed by atoms with Gasteiger partial charge >= 0.3 is 0 Å². The van der Waals surface area contributed by atoms with Crippen molar-refractivity contribution in [2.75, 3.05) is 53.0 Å². The van der Waals surface area contributed by atoms with Gasteiger partial charge in [0.25, 0.3) is 5.91 Å². The number of likely N-dealkylation sites (tertiary alicyclic amines) is 1. The van der Waals surface area contributed by atoms with E-state index in [9.17, 15) is 10.1 Å². The Morgan fingerprint density at radius 1 is 1.06 bits per heavy atom. The van der Waals surface area contributed by atoms with Crippen LogP contribution in [-0.4, -0.2) is 74.7 Å².